The van der Waals surface area contributed by atoms with Crippen molar-refractivity contribution in [1.29, 1.82) is 0 Å². The van der Waals surface area contributed by atoms with E-state index in [1.807, 2.05) is 31.2 Å². The Morgan fingerprint density at radius 1 is 1.24 bits per heavy atom. The fourth-order valence-electron chi connectivity index (χ4n) is 3.84. The quantitative estimate of drug-likeness (QED) is 0.689. The summed E-state index contributed by atoms with van der Waals surface area (Å²) in [5.41, 5.74) is 3.10. The number of aromatic nitrogens is 2. The van der Waals surface area contributed by atoms with Gasteiger partial charge in [0.05, 0.1) is 15.9 Å². The molecule has 1 amide bonds. The minimum absolute atomic E-state index is 0.0970. The molecule has 0 radical (unpaired) electrons. The molecule has 1 saturated heterocycles. The fourth-order valence-corrected chi connectivity index (χ4v) is 4.59. The minimum atomic E-state index is -3.61. The molecular formula is C21H24N4O3S. The van der Waals surface area contributed by atoms with Crippen LogP contribution >= 0.6 is 0 Å². The van der Waals surface area contributed by atoms with Crippen LogP contribution in [0.2, 0.25) is 0 Å². The Kier molecular flexibility index (Phi) is 5.14. The molecule has 0 spiro atoms. The highest BCUT2D eigenvalue weighted by Gasteiger charge is 2.28. The number of hydrogen-bond acceptors (Lipinski definition) is 4. The van der Waals surface area contributed by atoms with Crippen LogP contribution in [0, 0.1) is 6.92 Å². The minimum Gasteiger partial charge on any atom is -0.342 e. The van der Waals surface area contributed by atoms with Crippen LogP contribution in [0.15, 0.2) is 47.4 Å². The standard InChI is InChI=1S/C21H24N4O3S/c1-14-9-10-16(29(27,28)22-2)12-17(14)21(26)25-11-5-6-15(13-25)20-23-18-7-3-4-8-19(18)24-20/h3-4,7-10,12,15,22H,5-6,11,13H2,1-2H3,(H,23,24). The van der Waals surface area contributed by atoms with Crippen molar-refractivity contribution in [1.82, 2.24) is 19.6 Å². The highest BCUT2D eigenvalue weighted by atomic mass is 32.2. The van der Waals surface area contributed by atoms with Gasteiger partial charge in [-0.1, -0.05) is 18.2 Å². The Morgan fingerprint density at radius 2 is 2.03 bits per heavy atom. The number of nitrogens with one attached hydrogen (secondary N) is 2. The lowest BCUT2D eigenvalue weighted by molar-refractivity contribution is 0.0704. The van der Waals surface area contributed by atoms with E-state index in [9.17, 15) is 13.2 Å². The van der Waals surface area contributed by atoms with Crippen molar-refractivity contribution in [3.8, 4) is 0 Å². The van der Waals surface area contributed by atoms with Crippen LogP contribution in [-0.4, -0.2) is 49.3 Å². The van der Waals surface area contributed by atoms with E-state index in [4.69, 9.17) is 4.98 Å². The van der Waals surface area contributed by atoms with Crippen LogP contribution in [0.5, 0.6) is 0 Å². The Bertz CT molecular complexity index is 1140. The number of aromatic amines is 1. The first-order chi connectivity index (χ1) is 13.9. The van der Waals surface area contributed by atoms with E-state index in [1.165, 1.54) is 19.2 Å². The van der Waals surface area contributed by atoms with Crippen LogP contribution < -0.4 is 4.72 Å². The number of carbonyl (C=O) groups excluding carboxylic acids is 1. The summed E-state index contributed by atoms with van der Waals surface area (Å²) >= 11 is 0. The van der Waals surface area contributed by atoms with Gasteiger partial charge in [-0.2, -0.15) is 0 Å². The first-order valence-corrected chi connectivity index (χ1v) is 11.2. The van der Waals surface area contributed by atoms with Gasteiger partial charge in [0.1, 0.15) is 5.82 Å². The van der Waals surface area contributed by atoms with Crippen molar-refractivity contribution in [3.05, 3.63) is 59.4 Å². The normalized spacial score (nSPS) is 17.6. The molecule has 1 fully saturated rings. The Morgan fingerprint density at radius 3 is 2.79 bits per heavy atom. The zero-order valence-corrected chi connectivity index (χ0v) is 17.3. The second kappa shape index (κ2) is 7.61. The fraction of sp³-hybridized carbons (Fsp3) is 0.333. The maximum absolute atomic E-state index is 13.2. The van der Waals surface area contributed by atoms with Gasteiger partial charge in [0.25, 0.3) is 5.91 Å². The van der Waals surface area contributed by atoms with E-state index in [2.05, 4.69) is 9.71 Å². The van der Waals surface area contributed by atoms with Crippen molar-refractivity contribution in [3.63, 3.8) is 0 Å². The predicted octanol–water partition coefficient (Wildman–Crippen LogP) is 2.80. The summed E-state index contributed by atoms with van der Waals surface area (Å²) in [6.07, 6.45) is 1.83. The van der Waals surface area contributed by atoms with Crippen LogP contribution in [0.1, 0.15) is 40.5 Å². The van der Waals surface area contributed by atoms with E-state index >= 15 is 0 Å². The molecule has 1 unspecified atom stereocenters. The van der Waals surface area contributed by atoms with Crippen molar-refractivity contribution in [2.75, 3.05) is 20.1 Å². The molecule has 7 nitrogen and oxygen atoms in total. The number of nitrogens with zero attached hydrogens (tertiary/aromatic N) is 2. The molecule has 2 aromatic carbocycles. The number of piperidine rings is 1. The molecule has 4 rings (SSSR count). The summed E-state index contributed by atoms with van der Waals surface area (Å²) in [5.74, 6) is 0.882. The van der Waals surface area contributed by atoms with Crippen molar-refractivity contribution >= 4 is 27.0 Å². The number of fused-ring (bicyclic) bond motifs is 1. The molecule has 2 heterocycles. The van der Waals surface area contributed by atoms with Gasteiger partial charge in [0.2, 0.25) is 10.0 Å². The van der Waals surface area contributed by atoms with Gasteiger partial charge < -0.3 is 9.88 Å². The monoisotopic (exact) mass is 412 g/mol. The number of carbonyl (C=O) groups is 1. The van der Waals surface area contributed by atoms with Gasteiger partial charge >= 0.3 is 0 Å². The molecule has 2 N–H and O–H groups in total. The Labute approximate surface area is 170 Å². The average Bonchev–Trinajstić information content (AvgIpc) is 3.18. The van der Waals surface area contributed by atoms with Gasteiger partial charge in [-0.25, -0.2) is 18.1 Å². The van der Waals surface area contributed by atoms with Crippen LogP contribution in [0.3, 0.4) is 0 Å². The number of imidazole rings is 1. The summed E-state index contributed by atoms with van der Waals surface area (Å²) in [6, 6.07) is 12.6. The van der Waals surface area contributed by atoms with E-state index in [0.717, 1.165) is 35.3 Å². The molecule has 3 aromatic rings. The average molecular weight is 413 g/mol. The third kappa shape index (κ3) is 3.77. The summed E-state index contributed by atoms with van der Waals surface area (Å²) in [6.45, 7) is 3.03. The maximum Gasteiger partial charge on any atom is 0.254 e. The highest BCUT2D eigenvalue weighted by molar-refractivity contribution is 7.89. The molecule has 1 aromatic heterocycles. The molecule has 152 valence electrons. The summed E-state index contributed by atoms with van der Waals surface area (Å²) in [4.78, 5) is 23.2. The second-order valence-corrected chi connectivity index (χ2v) is 9.30. The van der Waals surface area contributed by atoms with E-state index in [-0.39, 0.29) is 16.7 Å². The third-order valence-electron chi connectivity index (χ3n) is 5.52. The molecule has 1 aliphatic rings. The second-order valence-electron chi connectivity index (χ2n) is 7.41. The molecule has 0 bridgehead atoms. The Hall–Kier alpha value is -2.71. The van der Waals surface area contributed by atoms with Crippen LogP contribution in [0.25, 0.3) is 11.0 Å². The maximum atomic E-state index is 13.2. The van der Waals surface area contributed by atoms with Crippen molar-refractivity contribution < 1.29 is 13.2 Å². The van der Waals surface area contributed by atoms with Crippen LogP contribution in [-0.2, 0) is 10.0 Å². The zero-order chi connectivity index (χ0) is 20.6. The molecule has 0 saturated carbocycles. The van der Waals surface area contributed by atoms with Gasteiger partial charge in [-0.15, -0.1) is 0 Å². The summed E-state index contributed by atoms with van der Waals surface area (Å²) in [7, 11) is -2.25. The van der Waals surface area contributed by atoms with E-state index < -0.39 is 10.0 Å². The van der Waals surface area contributed by atoms with E-state index in [1.54, 1.807) is 11.0 Å². The number of hydrogen-bond donors (Lipinski definition) is 2. The molecular weight excluding hydrogens is 388 g/mol. The SMILES string of the molecule is CNS(=O)(=O)c1ccc(C)c(C(=O)N2CCCC(c3nc4ccccc4[nH]3)C2)c1. The number of para-hydroxylation sites is 2. The number of aryl methyl sites for hydroxylation is 1. The third-order valence-corrected chi connectivity index (χ3v) is 6.93. The summed E-state index contributed by atoms with van der Waals surface area (Å²) < 4.78 is 26.6. The lowest BCUT2D eigenvalue weighted by Crippen LogP contribution is -2.39. The first-order valence-electron chi connectivity index (χ1n) is 9.67. The summed E-state index contributed by atoms with van der Waals surface area (Å²) in [5, 5.41) is 0. The number of likely N-dealkylation sites (tertiary alicyclic amines) is 1. The smallest absolute Gasteiger partial charge is 0.254 e. The van der Waals surface area contributed by atoms with E-state index in [0.29, 0.717) is 18.7 Å². The van der Waals surface area contributed by atoms with Gasteiger partial charge in [-0.05, 0) is 56.6 Å². The number of benzene rings is 2. The predicted molar refractivity (Wildman–Crippen MR) is 111 cm³/mol. The van der Waals surface area contributed by atoms with Gasteiger partial charge in [-0.3, -0.25) is 4.79 Å². The lowest BCUT2D eigenvalue weighted by Gasteiger charge is -2.32. The molecule has 0 aliphatic carbocycles. The van der Waals surface area contributed by atoms with Gasteiger partial charge in [0, 0.05) is 24.6 Å². The van der Waals surface area contributed by atoms with Crippen molar-refractivity contribution in [2.45, 2.75) is 30.6 Å². The van der Waals surface area contributed by atoms with Crippen molar-refractivity contribution in [2.24, 2.45) is 0 Å². The molecule has 1 aliphatic heterocycles. The zero-order valence-electron chi connectivity index (χ0n) is 16.5. The molecule has 8 heteroatoms. The van der Waals surface area contributed by atoms with Gasteiger partial charge in [0.15, 0.2) is 0 Å². The first kappa shape index (κ1) is 19.6. The van der Waals surface area contributed by atoms with Crippen LogP contribution in [0.4, 0.5) is 0 Å². The highest BCUT2D eigenvalue weighted by Crippen LogP contribution is 2.28. The topological polar surface area (TPSA) is 95.2 Å². The number of H-pyrrole nitrogens is 1. The Balaban J connectivity index is 1.60. The largest absolute Gasteiger partial charge is 0.342 e. The number of sulfonamides is 1. The number of amides is 1. The number of rotatable bonds is 4. The molecule has 29 heavy (non-hydrogen) atoms. The lowest BCUT2D eigenvalue weighted by atomic mass is 9.96. The molecule has 1 atom stereocenters.